The van der Waals surface area contributed by atoms with Gasteiger partial charge in [0.15, 0.2) is 5.82 Å². The Morgan fingerprint density at radius 1 is 1.33 bits per heavy atom. The lowest BCUT2D eigenvalue weighted by molar-refractivity contribution is 0.370. The third kappa shape index (κ3) is 3.73. The van der Waals surface area contributed by atoms with Gasteiger partial charge in [-0.05, 0) is 34.9 Å². The molecule has 0 fully saturated rings. The first kappa shape index (κ1) is 15.8. The number of tetrazole rings is 1. The third-order valence-corrected chi connectivity index (χ3v) is 4.13. The van der Waals surface area contributed by atoms with E-state index in [2.05, 4.69) is 29.4 Å². The monoisotopic (exact) mass is 307 g/mol. The molecular formula is C15H22ClN5. The molecular weight excluding hydrogens is 286 g/mol. The first-order valence-electron chi connectivity index (χ1n) is 7.47. The van der Waals surface area contributed by atoms with Crippen LogP contribution in [0.2, 0.25) is 5.02 Å². The molecule has 0 amide bonds. The molecule has 1 aromatic carbocycles. The van der Waals surface area contributed by atoms with E-state index in [0.717, 1.165) is 18.5 Å². The minimum atomic E-state index is 0.525. The summed E-state index contributed by atoms with van der Waals surface area (Å²) in [6, 6.07) is 5.53. The van der Waals surface area contributed by atoms with Crippen molar-refractivity contribution < 1.29 is 0 Å². The van der Waals surface area contributed by atoms with E-state index >= 15 is 0 Å². The van der Waals surface area contributed by atoms with E-state index < -0.39 is 0 Å². The molecule has 114 valence electrons. The van der Waals surface area contributed by atoms with Gasteiger partial charge in [-0.25, -0.2) is 4.68 Å². The van der Waals surface area contributed by atoms with Crippen molar-refractivity contribution in [2.45, 2.75) is 46.1 Å². The molecule has 1 unspecified atom stereocenters. The number of benzene rings is 1. The summed E-state index contributed by atoms with van der Waals surface area (Å²) < 4.78 is 1.84. The number of para-hydroxylation sites is 1. The summed E-state index contributed by atoms with van der Waals surface area (Å²) in [5.41, 5.74) is 7.36. The summed E-state index contributed by atoms with van der Waals surface area (Å²) in [5.74, 6) is 1.26. The van der Waals surface area contributed by atoms with Crippen LogP contribution in [0, 0.1) is 5.92 Å². The van der Waals surface area contributed by atoms with Crippen molar-refractivity contribution in [3.8, 4) is 11.4 Å². The topological polar surface area (TPSA) is 69.6 Å². The van der Waals surface area contributed by atoms with Crippen LogP contribution in [0.3, 0.4) is 0 Å². The van der Waals surface area contributed by atoms with E-state index in [1.807, 2.05) is 16.8 Å². The molecule has 1 heterocycles. The van der Waals surface area contributed by atoms with Gasteiger partial charge in [0.2, 0.25) is 0 Å². The van der Waals surface area contributed by atoms with Crippen molar-refractivity contribution in [2.75, 3.05) is 5.73 Å². The number of aromatic nitrogens is 4. The Kier molecular flexibility index (Phi) is 5.56. The Morgan fingerprint density at radius 3 is 2.86 bits per heavy atom. The van der Waals surface area contributed by atoms with E-state index in [9.17, 15) is 0 Å². The van der Waals surface area contributed by atoms with E-state index in [1.165, 1.54) is 19.3 Å². The maximum atomic E-state index is 6.08. The predicted molar refractivity (Wildman–Crippen MR) is 86.0 cm³/mol. The van der Waals surface area contributed by atoms with Crippen LogP contribution >= 0.6 is 11.6 Å². The average molecular weight is 308 g/mol. The summed E-state index contributed by atoms with van der Waals surface area (Å²) in [5, 5.41) is 12.6. The lowest BCUT2D eigenvalue weighted by Gasteiger charge is -2.15. The maximum Gasteiger partial charge on any atom is 0.184 e. The minimum Gasteiger partial charge on any atom is -0.397 e. The molecule has 0 aliphatic heterocycles. The fourth-order valence-corrected chi connectivity index (χ4v) is 2.59. The maximum absolute atomic E-state index is 6.08. The van der Waals surface area contributed by atoms with E-state index in [-0.39, 0.29) is 0 Å². The quantitative estimate of drug-likeness (QED) is 0.790. The van der Waals surface area contributed by atoms with Crippen LogP contribution < -0.4 is 5.73 Å². The summed E-state index contributed by atoms with van der Waals surface area (Å²) >= 11 is 6.08. The van der Waals surface area contributed by atoms with Crippen molar-refractivity contribution >= 4 is 17.3 Å². The molecule has 0 spiro atoms. The molecule has 2 aromatic rings. The summed E-state index contributed by atoms with van der Waals surface area (Å²) in [4.78, 5) is 0. The molecule has 0 saturated heterocycles. The molecule has 2 rings (SSSR count). The number of anilines is 1. The summed E-state index contributed by atoms with van der Waals surface area (Å²) in [6.07, 6.45) is 4.75. The van der Waals surface area contributed by atoms with Crippen molar-refractivity contribution in [3.05, 3.63) is 23.2 Å². The molecule has 0 bridgehead atoms. The number of unbranched alkanes of at least 4 members (excludes halogenated alkanes) is 1. The van der Waals surface area contributed by atoms with Crippen LogP contribution in [0.25, 0.3) is 11.4 Å². The highest BCUT2D eigenvalue weighted by Crippen LogP contribution is 2.30. The first-order chi connectivity index (χ1) is 10.2. The summed E-state index contributed by atoms with van der Waals surface area (Å²) in [7, 11) is 0. The van der Waals surface area contributed by atoms with Gasteiger partial charge in [0.05, 0.1) is 10.7 Å². The van der Waals surface area contributed by atoms with Crippen LogP contribution in [0.4, 0.5) is 5.69 Å². The molecule has 6 heteroatoms. The summed E-state index contributed by atoms with van der Waals surface area (Å²) in [6.45, 7) is 5.23. The van der Waals surface area contributed by atoms with Gasteiger partial charge in [0.25, 0.3) is 0 Å². The number of hydrogen-bond donors (Lipinski definition) is 1. The van der Waals surface area contributed by atoms with Crippen molar-refractivity contribution in [1.29, 1.82) is 0 Å². The Balaban J connectivity index is 2.24. The van der Waals surface area contributed by atoms with Gasteiger partial charge in [-0.3, -0.25) is 0 Å². The predicted octanol–water partition coefficient (Wildman–Crippen LogP) is 3.79. The standard InChI is InChI=1S/C15H22ClN5/c1-3-5-7-11(4-2)10-21-15(18-19-20-21)12-8-6-9-13(16)14(12)17/h6,8-9,11H,3-5,7,10,17H2,1-2H3. The third-order valence-electron chi connectivity index (χ3n) is 3.80. The zero-order valence-electron chi connectivity index (χ0n) is 12.6. The second-order valence-electron chi connectivity index (χ2n) is 5.30. The Bertz CT molecular complexity index is 581. The molecule has 5 nitrogen and oxygen atoms in total. The van der Waals surface area contributed by atoms with E-state index in [1.54, 1.807) is 6.07 Å². The smallest absolute Gasteiger partial charge is 0.184 e. The molecule has 21 heavy (non-hydrogen) atoms. The average Bonchev–Trinajstić information content (AvgIpc) is 2.94. The fraction of sp³-hybridized carbons (Fsp3) is 0.533. The molecule has 0 aliphatic carbocycles. The van der Waals surface area contributed by atoms with Gasteiger partial charge in [0, 0.05) is 12.1 Å². The molecule has 1 aromatic heterocycles. The second-order valence-corrected chi connectivity index (χ2v) is 5.71. The van der Waals surface area contributed by atoms with Gasteiger partial charge >= 0.3 is 0 Å². The number of nitrogens with zero attached hydrogens (tertiary/aromatic N) is 4. The van der Waals surface area contributed by atoms with Crippen LogP contribution in [0.1, 0.15) is 39.5 Å². The number of nitrogen functional groups attached to an aromatic ring is 1. The first-order valence-corrected chi connectivity index (χ1v) is 7.85. The fourth-order valence-electron chi connectivity index (χ4n) is 2.41. The zero-order valence-corrected chi connectivity index (χ0v) is 13.3. The number of hydrogen-bond acceptors (Lipinski definition) is 4. The van der Waals surface area contributed by atoms with Crippen LogP contribution in [0.15, 0.2) is 18.2 Å². The number of rotatable bonds is 7. The molecule has 1 atom stereocenters. The van der Waals surface area contributed by atoms with Gasteiger partial charge < -0.3 is 5.73 Å². The van der Waals surface area contributed by atoms with E-state index in [0.29, 0.717) is 22.5 Å². The van der Waals surface area contributed by atoms with Gasteiger partial charge in [-0.15, -0.1) is 5.10 Å². The zero-order chi connectivity index (χ0) is 15.2. The normalized spacial score (nSPS) is 12.5. The molecule has 0 aliphatic rings. The van der Waals surface area contributed by atoms with Gasteiger partial charge in [-0.1, -0.05) is 50.8 Å². The van der Waals surface area contributed by atoms with Crippen molar-refractivity contribution in [1.82, 2.24) is 20.2 Å². The van der Waals surface area contributed by atoms with Crippen LogP contribution in [0.5, 0.6) is 0 Å². The molecule has 0 saturated carbocycles. The molecule has 0 radical (unpaired) electrons. The van der Waals surface area contributed by atoms with Crippen molar-refractivity contribution in [3.63, 3.8) is 0 Å². The lowest BCUT2D eigenvalue weighted by Crippen LogP contribution is -2.13. The van der Waals surface area contributed by atoms with Gasteiger partial charge in [0.1, 0.15) is 0 Å². The van der Waals surface area contributed by atoms with Crippen LogP contribution in [-0.2, 0) is 6.54 Å². The largest absolute Gasteiger partial charge is 0.397 e. The number of halogens is 1. The van der Waals surface area contributed by atoms with Gasteiger partial charge in [-0.2, -0.15) is 0 Å². The second kappa shape index (κ2) is 7.41. The minimum absolute atomic E-state index is 0.525. The highest BCUT2D eigenvalue weighted by Gasteiger charge is 2.16. The Labute approximate surface area is 130 Å². The van der Waals surface area contributed by atoms with Crippen molar-refractivity contribution in [2.24, 2.45) is 5.92 Å². The highest BCUT2D eigenvalue weighted by atomic mass is 35.5. The van der Waals surface area contributed by atoms with E-state index in [4.69, 9.17) is 17.3 Å². The van der Waals surface area contributed by atoms with Crippen LogP contribution in [-0.4, -0.2) is 20.2 Å². The highest BCUT2D eigenvalue weighted by molar-refractivity contribution is 6.33. The number of nitrogens with two attached hydrogens (primary N) is 1. The SMILES string of the molecule is CCCCC(CC)Cn1nnnc1-c1cccc(Cl)c1N. The Morgan fingerprint density at radius 2 is 2.14 bits per heavy atom. The Hall–Kier alpha value is -1.62. The molecule has 2 N–H and O–H groups in total. The lowest BCUT2D eigenvalue weighted by atomic mass is 9.99.